The minimum absolute atomic E-state index is 0. The largest absolute Gasteiger partial charge is 0.337 e. The van der Waals surface area contributed by atoms with Crippen molar-refractivity contribution >= 4 is 30.7 Å². The Morgan fingerprint density at radius 2 is 1.90 bits per heavy atom. The van der Waals surface area contributed by atoms with Crippen molar-refractivity contribution in [2.45, 2.75) is 25.4 Å². The van der Waals surface area contributed by atoms with Crippen LogP contribution in [0.15, 0.2) is 30.3 Å². The monoisotopic (exact) mass is 333 g/mol. The maximum absolute atomic E-state index is 12.3. The Morgan fingerprint density at radius 3 is 2.48 bits per heavy atom. The molecule has 1 aromatic rings. The van der Waals surface area contributed by atoms with Gasteiger partial charge in [0.25, 0.3) is 0 Å². The highest BCUT2D eigenvalue weighted by Crippen LogP contribution is 2.17. The van der Waals surface area contributed by atoms with E-state index in [0.717, 1.165) is 25.2 Å². The molecule has 1 heterocycles. The van der Waals surface area contributed by atoms with Gasteiger partial charge in [-0.05, 0) is 19.5 Å². The number of hydrogen-bond donors (Lipinski definition) is 1. The van der Waals surface area contributed by atoms with Crippen LogP contribution in [0.25, 0.3) is 0 Å². The zero-order chi connectivity index (χ0) is 13.8. The number of rotatable bonds is 3. The molecule has 0 saturated carbocycles. The quantitative estimate of drug-likeness (QED) is 0.921. The molecule has 1 aromatic carbocycles. The molecule has 0 aliphatic carbocycles. The second-order valence-corrected chi connectivity index (χ2v) is 5.42. The number of hydrogen-bond acceptors (Lipinski definition) is 3. The fourth-order valence-electron chi connectivity index (χ4n) is 2.63. The molecule has 120 valence electrons. The predicted molar refractivity (Wildman–Crippen MR) is 91.2 cm³/mol. The van der Waals surface area contributed by atoms with Gasteiger partial charge >= 0.3 is 0 Å². The van der Waals surface area contributed by atoms with E-state index < -0.39 is 0 Å². The van der Waals surface area contributed by atoms with Crippen LogP contribution >= 0.6 is 24.8 Å². The number of halogens is 2. The first-order valence-corrected chi connectivity index (χ1v) is 6.86. The van der Waals surface area contributed by atoms with Gasteiger partial charge in [0, 0.05) is 38.1 Å². The molecular formula is C15H25Cl2N3O. The maximum Gasteiger partial charge on any atom is 0.224 e. The van der Waals surface area contributed by atoms with Gasteiger partial charge in [0.2, 0.25) is 5.91 Å². The number of carbonyl (C=O) groups excluding carboxylic acids is 1. The Balaban J connectivity index is 0.00000200. The summed E-state index contributed by atoms with van der Waals surface area (Å²) in [5.41, 5.74) is 7.14. The highest BCUT2D eigenvalue weighted by Gasteiger charge is 2.26. The van der Waals surface area contributed by atoms with E-state index in [1.54, 1.807) is 0 Å². The van der Waals surface area contributed by atoms with Crippen LogP contribution < -0.4 is 5.73 Å². The van der Waals surface area contributed by atoms with E-state index in [1.165, 1.54) is 0 Å². The molecule has 2 atom stereocenters. The minimum Gasteiger partial charge on any atom is -0.337 e. The Hall–Kier alpha value is -0.810. The van der Waals surface area contributed by atoms with Crippen molar-refractivity contribution in [2.75, 3.05) is 26.7 Å². The van der Waals surface area contributed by atoms with Gasteiger partial charge in [0.15, 0.2) is 0 Å². The lowest BCUT2D eigenvalue weighted by Gasteiger charge is -2.38. The van der Waals surface area contributed by atoms with Gasteiger partial charge in [-0.3, -0.25) is 4.79 Å². The molecule has 0 radical (unpaired) electrons. The second-order valence-electron chi connectivity index (χ2n) is 5.42. The van der Waals surface area contributed by atoms with Crippen LogP contribution in [-0.2, 0) is 4.79 Å². The molecule has 1 aliphatic heterocycles. The van der Waals surface area contributed by atoms with Gasteiger partial charge in [-0.25, -0.2) is 0 Å². The molecule has 1 saturated heterocycles. The summed E-state index contributed by atoms with van der Waals surface area (Å²) in [4.78, 5) is 16.5. The zero-order valence-electron chi connectivity index (χ0n) is 12.6. The average molecular weight is 334 g/mol. The van der Waals surface area contributed by atoms with Crippen molar-refractivity contribution in [1.82, 2.24) is 9.80 Å². The van der Waals surface area contributed by atoms with Gasteiger partial charge in [-0.1, -0.05) is 30.3 Å². The molecule has 0 spiro atoms. The summed E-state index contributed by atoms with van der Waals surface area (Å²) >= 11 is 0. The third-order valence-corrected chi connectivity index (χ3v) is 3.77. The van der Waals surface area contributed by atoms with E-state index in [4.69, 9.17) is 5.73 Å². The van der Waals surface area contributed by atoms with Gasteiger partial charge in [-0.2, -0.15) is 0 Å². The van der Waals surface area contributed by atoms with Crippen LogP contribution in [0.4, 0.5) is 0 Å². The highest BCUT2D eigenvalue weighted by atomic mass is 35.5. The smallest absolute Gasteiger partial charge is 0.224 e. The van der Waals surface area contributed by atoms with E-state index in [-0.39, 0.29) is 42.8 Å². The summed E-state index contributed by atoms with van der Waals surface area (Å²) in [5, 5.41) is 0. The van der Waals surface area contributed by atoms with Gasteiger partial charge < -0.3 is 15.5 Å². The Kier molecular flexibility index (Phi) is 8.90. The molecule has 6 heteroatoms. The van der Waals surface area contributed by atoms with E-state index in [1.807, 2.05) is 35.2 Å². The lowest BCUT2D eigenvalue weighted by molar-refractivity contribution is -0.135. The molecule has 1 aliphatic rings. The Morgan fingerprint density at radius 1 is 1.29 bits per heavy atom. The SMILES string of the molecule is CC1CN(C)CCN1C(=O)CC(N)c1ccccc1.Cl.Cl. The van der Waals surface area contributed by atoms with Crippen molar-refractivity contribution in [3.05, 3.63) is 35.9 Å². The number of piperazine rings is 1. The summed E-state index contributed by atoms with van der Waals surface area (Å²) in [6.45, 7) is 4.78. The van der Waals surface area contributed by atoms with Crippen molar-refractivity contribution in [3.63, 3.8) is 0 Å². The zero-order valence-corrected chi connectivity index (χ0v) is 14.2. The minimum atomic E-state index is -0.208. The fraction of sp³-hybridized carbons (Fsp3) is 0.533. The van der Waals surface area contributed by atoms with Crippen molar-refractivity contribution in [2.24, 2.45) is 5.73 Å². The van der Waals surface area contributed by atoms with Gasteiger partial charge in [0.05, 0.1) is 0 Å². The fourth-order valence-corrected chi connectivity index (χ4v) is 2.63. The van der Waals surface area contributed by atoms with Crippen LogP contribution in [0.1, 0.15) is 24.9 Å². The number of carbonyl (C=O) groups is 1. The molecule has 0 aromatic heterocycles. The molecule has 21 heavy (non-hydrogen) atoms. The molecule has 4 nitrogen and oxygen atoms in total. The third kappa shape index (κ3) is 5.47. The summed E-state index contributed by atoms with van der Waals surface area (Å²) in [7, 11) is 2.09. The normalized spacial score (nSPS) is 20.1. The Bertz CT molecular complexity index is 430. The number of nitrogens with zero attached hydrogens (tertiary/aromatic N) is 2. The van der Waals surface area contributed by atoms with Crippen LogP contribution in [0, 0.1) is 0 Å². The standard InChI is InChI=1S/C15H23N3O.2ClH/c1-12-11-17(2)8-9-18(12)15(19)10-14(16)13-6-4-3-5-7-13;;/h3-7,12,14H,8-11,16H2,1-2H3;2*1H. The van der Waals surface area contributed by atoms with Gasteiger partial charge in [-0.15, -0.1) is 24.8 Å². The topological polar surface area (TPSA) is 49.6 Å². The Labute approximate surface area is 139 Å². The second kappa shape index (κ2) is 9.26. The molecule has 2 unspecified atom stereocenters. The summed E-state index contributed by atoms with van der Waals surface area (Å²) in [6.07, 6.45) is 0.387. The molecular weight excluding hydrogens is 309 g/mol. The molecule has 2 rings (SSSR count). The average Bonchev–Trinajstić information content (AvgIpc) is 2.39. The number of nitrogens with two attached hydrogens (primary N) is 1. The van der Waals surface area contributed by atoms with E-state index in [9.17, 15) is 4.79 Å². The molecule has 1 fully saturated rings. The lowest BCUT2D eigenvalue weighted by atomic mass is 10.0. The van der Waals surface area contributed by atoms with Crippen LogP contribution in [0.2, 0.25) is 0 Å². The van der Waals surface area contributed by atoms with Gasteiger partial charge in [0.1, 0.15) is 0 Å². The first-order valence-electron chi connectivity index (χ1n) is 6.86. The molecule has 1 amide bonds. The first kappa shape index (κ1) is 20.2. The number of likely N-dealkylation sites (N-methyl/N-ethyl adjacent to an activating group) is 1. The van der Waals surface area contributed by atoms with Crippen LogP contribution in [-0.4, -0.2) is 48.4 Å². The van der Waals surface area contributed by atoms with E-state index in [0.29, 0.717) is 6.42 Å². The number of amides is 1. The molecule has 0 bridgehead atoms. The molecule has 2 N–H and O–H groups in total. The maximum atomic E-state index is 12.3. The lowest BCUT2D eigenvalue weighted by Crippen LogP contribution is -2.53. The number of benzene rings is 1. The van der Waals surface area contributed by atoms with E-state index in [2.05, 4.69) is 18.9 Å². The van der Waals surface area contributed by atoms with E-state index >= 15 is 0 Å². The van der Waals surface area contributed by atoms with Crippen molar-refractivity contribution < 1.29 is 4.79 Å². The van der Waals surface area contributed by atoms with Crippen LogP contribution in [0.5, 0.6) is 0 Å². The first-order chi connectivity index (χ1) is 9.08. The van der Waals surface area contributed by atoms with Crippen LogP contribution in [0.3, 0.4) is 0 Å². The van der Waals surface area contributed by atoms with Crippen molar-refractivity contribution in [1.29, 1.82) is 0 Å². The third-order valence-electron chi connectivity index (χ3n) is 3.77. The summed E-state index contributed by atoms with van der Waals surface area (Å²) in [5.74, 6) is 0.164. The predicted octanol–water partition coefficient (Wildman–Crippen LogP) is 2.08. The highest BCUT2D eigenvalue weighted by molar-refractivity contribution is 5.85. The van der Waals surface area contributed by atoms with Crippen molar-refractivity contribution in [3.8, 4) is 0 Å². The summed E-state index contributed by atoms with van der Waals surface area (Å²) < 4.78 is 0. The summed E-state index contributed by atoms with van der Waals surface area (Å²) in [6, 6.07) is 9.89.